The van der Waals surface area contributed by atoms with Gasteiger partial charge in [0, 0.05) is 5.02 Å². The maximum absolute atomic E-state index is 11.5. The third kappa shape index (κ3) is 1.44. The summed E-state index contributed by atoms with van der Waals surface area (Å²) in [6.07, 6.45) is 2.37. The van der Waals surface area contributed by atoms with Crippen molar-refractivity contribution in [1.82, 2.24) is 0 Å². The SMILES string of the molecule is Cc1ccc(C)c(C2(C(=O)O)CCC2)c1Cl. The third-order valence-corrected chi connectivity index (χ3v) is 4.13. The van der Waals surface area contributed by atoms with E-state index in [9.17, 15) is 9.90 Å². The fourth-order valence-corrected chi connectivity index (χ4v) is 2.86. The summed E-state index contributed by atoms with van der Waals surface area (Å²) >= 11 is 6.28. The maximum Gasteiger partial charge on any atom is 0.314 e. The normalized spacial score (nSPS) is 17.9. The molecule has 0 aromatic heterocycles. The molecule has 0 atom stereocenters. The summed E-state index contributed by atoms with van der Waals surface area (Å²) in [7, 11) is 0. The Bertz CT molecular complexity index is 447. The highest BCUT2D eigenvalue weighted by molar-refractivity contribution is 6.32. The number of halogens is 1. The average molecular weight is 239 g/mol. The lowest BCUT2D eigenvalue weighted by molar-refractivity contribution is -0.147. The molecule has 1 saturated carbocycles. The molecule has 1 fully saturated rings. The van der Waals surface area contributed by atoms with Gasteiger partial charge in [0.25, 0.3) is 0 Å². The van der Waals surface area contributed by atoms with Gasteiger partial charge in [-0.3, -0.25) is 4.79 Å². The lowest BCUT2D eigenvalue weighted by atomic mass is 9.63. The van der Waals surface area contributed by atoms with Crippen LogP contribution in [0.15, 0.2) is 12.1 Å². The highest BCUT2D eigenvalue weighted by Crippen LogP contribution is 2.48. The van der Waals surface area contributed by atoms with Gasteiger partial charge in [0.15, 0.2) is 0 Å². The van der Waals surface area contributed by atoms with E-state index in [0.29, 0.717) is 17.9 Å². The van der Waals surface area contributed by atoms with E-state index in [1.165, 1.54) is 0 Å². The van der Waals surface area contributed by atoms with Crippen LogP contribution < -0.4 is 0 Å². The first-order chi connectivity index (χ1) is 7.49. The molecule has 0 unspecified atom stereocenters. The van der Waals surface area contributed by atoms with Crippen molar-refractivity contribution in [3.63, 3.8) is 0 Å². The van der Waals surface area contributed by atoms with Crippen LogP contribution in [-0.2, 0) is 10.2 Å². The third-order valence-electron chi connectivity index (χ3n) is 3.64. The molecule has 0 spiro atoms. The van der Waals surface area contributed by atoms with Gasteiger partial charge in [-0.2, -0.15) is 0 Å². The van der Waals surface area contributed by atoms with E-state index in [1.54, 1.807) is 0 Å². The van der Waals surface area contributed by atoms with Crippen LogP contribution in [0.3, 0.4) is 0 Å². The molecule has 3 heteroatoms. The van der Waals surface area contributed by atoms with Gasteiger partial charge in [-0.05, 0) is 43.4 Å². The summed E-state index contributed by atoms with van der Waals surface area (Å²) in [4.78, 5) is 11.5. The summed E-state index contributed by atoms with van der Waals surface area (Å²) in [5.41, 5.74) is 2.04. The fraction of sp³-hybridized carbons (Fsp3) is 0.462. The Hall–Kier alpha value is -1.02. The number of hydrogen-bond acceptors (Lipinski definition) is 1. The predicted octanol–water partition coefficient (Wildman–Crippen LogP) is 3.46. The number of rotatable bonds is 2. The number of aryl methyl sites for hydroxylation is 2. The molecule has 1 aromatic carbocycles. The average Bonchev–Trinajstić information content (AvgIpc) is 2.15. The number of hydrogen-bond donors (Lipinski definition) is 1. The van der Waals surface area contributed by atoms with Gasteiger partial charge in [0.1, 0.15) is 0 Å². The summed E-state index contributed by atoms with van der Waals surface area (Å²) in [6, 6.07) is 3.90. The van der Waals surface area contributed by atoms with E-state index in [2.05, 4.69) is 0 Å². The summed E-state index contributed by atoms with van der Waals surface area (Å²) in [5.74, 6) is -0.741. The van der Waals surface area contributed by atoms with Gasteiger partial charge in [-0.1, -0.05) is 30.2 Å². The Morgan fingerprint density at radius 3 is 2.31 bits per heavy atom. The van der Waals surface area contributed by atoms with Gasteiger partial charge in [-0.15, -0.1) is 0 Å². The number of aliphatic carboxylic acids is 1. The molecule has 0 bridgehead atoms. The summed E-state index contributed by atoms with van der Waals surface area (Å²) < 4.78 is 0. The molecule has 0 aliphatic heterocycles. The molecule has 1 aromatic rings. The predicted molar refractivity (Wildman–Crippen MR) is 64.1 cm³/mol. The van der Waals surface area contributed by atoms with Crippen LogP contribution in [0.25, 0.3) is 0 Å². The van der Waals surface area contributed by atoms with E-state index in [4.69, 9.17) is 11.6 Å². The van der Waals surface area contributed by atoms with Crippen molar-refractivity contribution in [2.75, 3.05) is 0 Å². The fourth-order valence-electron chi connectivity index (χ4n) is 2.47. The van der Waals surface area contributed by atoms with Crippen LogP contribution in [0, 0.1) is 13.8 Å². The first-order valence-electron chi connectivity index (χ1n) is 5.48. The van der Waals surface area contributed by atoms with Crippen molar-refractivity contribution in [3.05, 3.63) is 33.8 Å². The van der Waals surface area contributed by atoms with Gasteiger partial charge in [0.2, 0.25) is 0 Å². The maximum atomic E-state index is 11.5. The van der Waals surface area contributed by atoms with Crippen LogP contribution in [0.2, 0.25) is 5.02 Å². The monoisotopic (exact) mass is 238 g/mol. The number of carbonyl (C=O) groups is 1. The second kappa shape index (κ2) is 3.77. The van der Waals surface area contributed by atoms with E-state index in [-0.39, 0.29) is 0 Å². The van der Waals surface area contributed by atoms with Crippen molar-refractivity contribution in [3.8, 4) is 0 Å². The molecule has 1 aliphatic carbocycles. The van der Waals surface area contributed by atoms with Gasteiger partial charge in [0.05, 0.1) is 5.41 Å². The second-order valence-electron chi connectivity index (χ2n) is 4.63. The summed E-state index contributed by atoms with van der Waals surface area (Å²) in [5, 5.41) is 10.0. The standard InChI is InChI=1S/C13H15ClO2/c1-8-4-5-9(2)11(14)10(8)13(12(15)16)6-3-7-13/h4-5H,3,6-7H2,1-2H3,(H,15,16). The van der Waals surface area contributed by atoms with E-state index < -0.39 is 11.4 Å². The van der Waals surface area contributed by atoms with Crippen molar-refractivity contribution >= 4 is 17.6 Å². The zero-order chi connectivity index (χ0) is 11.9. The summed E-state index contributed by atoms with van der Waals surface area (Å²) in [6.45, 7) is 3.85. The Morgan fingerprint density at radius 2 is 1.88 bits per heavy atom. The van der Waals surface area contributed by atoms with Crippen LogP contribution >= 0.6 is 11.6 Å². The molecule has 0 saturated heterocycles. The van der Waals surface area contributed by atoms with Crippen molar-refractivity contribution in [2.24, 2.45) is 0 Å². The minimum Gasteiger partial charge on any atom is -0.481 e. The highest BCUT2D eigenvalue weighted by Gasteiger charge is 2.48. The molecular weight excluding hydrogens is 224 g/mol. The van der Waals surface area contributed by atoms with Crippen LogP contribution in [-0.4, -0.2) is 11.1 Å². The zero-order valence-electron chi connectivity index (χ0n) is 9.51. The number of carboxylic acid groups (broad SMARTS) is 1. The zero-order valence-corrected chi connectivity index (χ0v) is 10.3. The topological polar surface area (TPSA) is 37.3 Å². The van der Waals surface area contributed by atoms with Crippen LogP contribution in [0.1, 0.15) is 36.0 Å². The number of benzene rings is 1. The van der Waals surface area contributed by atoms with E-state index in [1.807, 2.05) is 26.0 Å². The Balaban J connectivity index is 2.63. The molecule has 0 amide bonds. The largest absolute Gasteiger partial charge is 0.481 e. The molecule has 2 rings (SSSR count). The van der Waals surface area contributed by atoms with Crippen molar-refractivity contribution < 1.29 is 9.90 Å². The van der Waals surface area contributed by atoms with Crippen LogP contribution in [0.4, 0.5) is 0 Å². The van der Waals surface area contributed by atoms with Crippen molar-refractivity contribution in [2.45, 2.75) is 38.5 Å². The first kappa shape index (κ1) is 11.5. The first-order valence-corrected chi connectivity index (χ1v) is 5.86. The molecule has 16 heavy (non-hydrogen) atoms. The Kier molecular flexibility index (Phi) is 2.70. The minimum atomic E-state index is -0.741. The quantitative estimate of drug-likeness (QED) is 0.857. The molecule has 0 heterocycles. The Labute approximate surface area is 100 Å². The molecule has 1 N–H and O–H groups in total. The van der Waals surface area contributed by atoms with Gasteiger partial charge in [-0.25, -0.2) is 0 Å². The van der Waals surface area contributed by atoms with Gasteiger partial charge >= 0.3 is 5.97 Å². The minimum absolute atomic E-state index is 0.627. The van der Waals surface area contributed by atoms with Crippen molar-refractivity contribution in [1.29, 1.82) is 0 Å². The van der Waals surface area contributed by atoms with E-state index in [0.717, 1.165) is 23.1 Å². The molecular formula is C13H15ClO2. The number of carboxylic acids is 1. The molecule has 86 valence electrons. The Morgan fingerprint density at radius 1 is 1.31 bits per heavy atom. The molecule has 2 nitrogen and oxygen atoms in total. The van der Waals surface area contributed by atoms with E-state index >= 15 is 0 Å². The molecule has 1 aliphatic rings. The van der Waals surface area contributed by atoms with Gasteiger partial charge < -0.3 is 5.11 Å². The van der Waals surface area contributed by atoms with Crippen LogP contribution in [0.5, 0.6) is 0 Å². The lowest BCUT2D eigenvalue weighted by Gasteiger charge is -2.40. The highest BCUT2D eigenvalue weighted by atomic mass is 35.5. The molecule has 0 radical (unpaired) electrons. The smallest absolute Gasteiger partial charge is 0.314 e. The second-order valence-corrected chi connectivity index (χ2v) is 5.01. The lowest BCUT2D eigenvalue weighted by Crippen LogP contribution is -2.43.